The molecule has 0 aliphatic carbocycles. The van der Waals surface area contributed by atoms with Gasteiger partial charge in [0, 0.05) is 18.0 Å². The predicted molar refractivity (Wildman–Crippen MR) is 104 cm³/mol. The first-order chi connectivity index (χ1) is 13.1. The second-order valence-corrected chi connectivity index (χ2v) is 6.23. The normalized spacial score (nSPS) is 10.9. The molecule has 3 N–H and O–H groups in total. The van der Waals surface area contributed by atoms with Gasteiger partial charge in [0.15, 0.2) is 0 Å². The van der Waals surface area contributed by atoms with E-state index in [1.54, 1.807) is 12.4 Å². The zero-order chi connectivity index (χ0) is 18.8. The van der Waals surface area contributed by atoms with E-state index in [4.69, 9.17) is 5.73 Å². The van der Waals surface area contributed by atoms with Crippen molar-refractivity contribution in [2.24, 2.45) is 0 Å². The standard InChI is InChI=1S/C20H18N6O/c1-13-18(17-11-16(23-24-17)15-5-3-2-4-6-15)19(21)20(27)26(25-13)12-14-7-9-22-10-8-14/h2-11H,12,21H2,1H3,(H,23,24). The van der Waals surface area contributed by atoms with Gasteiger partial charge in [-0.1, -0.05) is 30.3 Å². The van der Waals surface area contributed by atoms with Gasteiger partial charge in [-0.3, -0.25) is 14.9 Å². The van der Waals surface area contributed by atoms with Crippen LogP contribution in [-0.4, -0.2) is 25.0 Å². The Bertz CT molecular complexity index is 1130. The molecule has 27 heavy (non-hydrogen) atoms. The van der Waals surface area contributed by atoms with E-state index in [2.05, 4.69) is 20.3 Å². The number of nitrogen functional groups attached to an aromatic ring is 1. The number of H-pyrrole nitrogens is 1. The Hall–Kier alpha value is -3.74. The number of nitrogens with two attached hydrogens (primary N) is 1. The maximum atomic E-state index is 12.7. The van der Waals surface area contributed by atoms with Gasteiger partial charge in [0.25, 0.3) is 5.56 Å². The summed E-state index contributed by atoms with van der Waals surface area (Å²) >= 11 is 0. The van der Waals surface area contributed by atoms with Gasteiger partial charge in [-0.05, 0) is 30.7 Å². The van der Waals surface area contributed by atoms with Gasteiger partial charge in [0.05, 0.1) is 29.2 Å². The molecule has 0 saturated carbocycles. The number of aromatic amines is 1. The van der Waals surface area contributed by atoms with Crippen molar-refractivity contribution in [2.75, 3.05) is 5.73 Å². The quantitative estimate of drug-likeness (QED) is 0.584. The lowest BCUT2D eigenvalue weighted by atomic mass is 10.1. The van der Waals surface area contributed by atoms with E-state index in [9.17, 15) is 4.79 Å². The first-order valence-electron chi connectivity index (χ1n) is 8.51. The van der Waals surface area contributed by atoms with Crippen molar-refractivity contribution < 1.29 is 0 Å². The van der Waals surface area contributed by atoms with Crippen molar-refractivity contribution >= 4 is 5.69 Å². The number of benzene rings is 1. The number of nitrogens with one attached hydrogen (secondary N) is 1. The minimum Gasteiger partial charge on any atom is -0.394 e. The summed E-state index contributed by atoms with van der Waals surface area (Å²) in [5, 5.41) is 11.8. The van der Waals surface area contributed by atoms with Crippen molar-refractivity contribution in [1.29, 1.82) is 0 Å². The van der Waals surface area contributed by atoms with Crippen LogP contribution in [0, 0.1) is 6.92 Å². The summed E-state index contributed by atoms with van der Waals surface area (Å²) in [6.07, 6.45) is 3.36. The zero-order valence-corrected chi connectivity index (χ0v) is 14.8. The van der Waals surface area contributed by atoms with Crippen LogP contribution in [0.3, 0.4) is 0 Å². The summed E-state index contributed by atoms with van der Waals surface area (Å²) in [6, 6.07) is 15.4. The molecular formula is C20H18N6O. The van der Waals surface area contributed by atoms with Crippen LogP contribution < -0.4 is 11.3 Å². The molecule has 4 aromatic rings. The first-order valence-corrected chi connectivity index (χ1v) is 8.51. The Morgan fingerprint density at radius 1 is 1.11 bits per heavy atom. The molecule has 3 heterocycles. The Balaban J connectivity index is 1.73. The van der Waals surface area contributed by atoms with Crippen molar-refractivity contribution in [2.45, 2.75) is 13.5 Å². The molecule has 0 aliphatic heterocycles. The first kappa shape index (κ1) is 16.7. The molecule has 0 saturated heterocycles. The molecular weight excluding hydrogens is 340 g/mol. The van der Waals surface area contributed by atoms with Gasteiger partial charge in [0.2, 0.25) is 0 Å². The summed E-state index contributed by atoms with van der Waals surface area (Å²) in [7, 11) is 0. The topological polar surface area (TPSA) is 102 Å². The number of aryl methyl sites for hydroxylation is 1. The summed E-state index contributed by atoms with van der Waals surface area (Å²) in [6.45, 7) is 2.17. The van der Waals surface area contributed by atoms with Crippen LogP contribution in [0.5, 0.6) is 0 Å². The minimum absolute atomic E-state index is 0.153. The number of hydrogen-bond acceptors (Lipinski definition) is 5. The lowest BCUT2D eigenvalue weighted by molar-refractivity contribution is 0.631. The van der Waals surface area contributed by atoms with E-state index in [0.717, 1.165) is 16.8 Å². The largest absolute Gasteiger partial charge is 0.394 e. The number of nitrogens with zero attached hydrogens (tertiary/aromatic N) is 4. The third kappa shape index (κ3) is 3.22. The molecule has 0 unspecified atom stereocenters. The number of pyridine rings is 1. The lowest BCUT2D eigenvalue weighted by Crippen LogP contribution is -2.27. The van der Waals surface area contributed by atoms with Crippen LogP contribution in [0.1, 0.15) is 11.3 Å². The maximum absolute atomic E-state index is 12.7. The average Bonchev–Trinajstić information content (AvgIpc) is 3.17. The molecule has 0 amide bonds. The molecule has 0 atom stereocenters. The average molecular weight is 358 g/mol. The number of anilines is 1. The second kappa shape index (κ2) is 6.87. The molecule has 0 fully saturated rings. The smallest absolute Gasteiger partial charge is 0.290 e. The summed E-state index contributed by atoms with van der Waals surface area (Å²) in [5.74, 6) is 0. The lowest BCUT2D eigenvalue weighted by Gasteiger charge is -2.11. The third-order valence-corrected chi connectivity index (χ3v) is 4.37. The molecule has 0 spiro atoms. The third-order valence-electron chi connectivity index (χ3n) is 4.37. The Morgan fingerprint density at radius 3 is 2.59 bits per heavy atom. The van der Waals surface area contributed by atoms with Crippen LogP contribution in [0.15, 0.2) is 65.7 Å². The van der Waals surface area contributed by atoms with E-state index in [0.29, 0.717) is 23.5 Å². The Morgan fingerprint density at radius 2 is 1.85 bits per heavy atom. The minimum atomic E-state index is -0.330. The molecule has 0 aliphatic rings. The SMILES string of the molecule is Cc1nn(Cc2ccncc2)c(=O)c(N)c1-c1cc(-c2ccccc2)n[nH]1. The maximum Gasteiger partial charge on any atom is 0.290 e. The van der Waals surface area contributed by atoms with Crippen LogP contribution >= 0.6 is 0 Å². The van der Waals surface area contributed by atoms with E-state index >= 15 is 0 Å². The van der Waals surface area contributed by atoms with Gasteiger partial charge >= 0.3 is 0 Å². The zero-order valence-electron chi connectivity index (χ0n) is 14.8. The van der Waals surface area contributed by atoms with Gasteiger partial charge in [-0.15, -0.1) is 0 Å². The van der Waals surface area contributed by atoms with E-state index in [-0.39, 0.29) is 11.2 Å². The van der Waals surface area contributed by atoms with Gasteiger partial charge in [-0.2, -0.15) is 10.2 Å². The molecule has 7 heteroatoms. The molecule has 0 bridgehead atoms. The second-order valence-electron chi connectivity index (χ2n) is 6.23. The van der Waals surface area contributed by atoms with Gasteiger partial charge in [-0.25, -0.2) is 4.68 Å². The van der Waals surface area contributed by atoms with Crippen LogP contribution in [-0.2, 0) is 6.54 Å². The van der Waals surface area contributed by atoms with Crippen LogP contribution in [0.2, 0.25) is 0 Å². The fraction of sp³-hybridized carbons (Fsp3) is 0.100. The van der Waals surface area contributed by atoms with Gasteiger partial charge < -0.3 is 5.73 Å². The molecule has 0 radical (unpaired) electrons. The highest BCUT2D eigenvalue weighted by Gasteiger charge is 2.17. The molecule has 3 aromatic heterocycles. The van der Waals surface area contributed by atoms with E-state index in [1.165, 1.54) is 4.68 Å². The molecule has 4 rings (SSSR count). The molecule has 7 nitrogen and oxygen atoms in total. The van der Waals surface area contributed by atoms with E-state index < -0.39 is 0 Å². The predicted octanol–water partition coefficient (Wildman–Crippen LogP) is 2.63. The fourth-order valence-corrected chi connectivity index (χ4v) is 3.03. The summed E-state index contributed by atoms with van der Waals surface area (Å²) < 4.78 is 1.37. The Kier molecular flexibility index (Phi) is 4.25. The number of rotatable bonds is 4. The van der Waals surface area contributed by atoms with Crippen LogP contribution in [0.25, 0.3) is 22.5 Å². The van der Waals surface area contributed by atoms with Crippen molar-refractivity contribution in [3.63, 3.8) is 0 Å². The summed E-state index contributed by atoms with van der Waals surface area (Å²) in [4.78, 5) is 16.7. The Labute approximate surface area is 155 Å². The monoisotopic (exact) mass is 358 g/mol. The highest BCUT2D eigenvalue weighted by Crippen LogP contribution is 2.28. The number of aromatic nitrogens is 5. The highest BCUT2D eigenvalue weighted by atomic mass is 16.1. The van der Waals surface area contributed by atoms with Crippen molar-refractivity contribution in [3.05, 3.63) is 82.5 Å². The fourth-order valence-electron chi connectivity index (χ4n) is 3.03. The van der Waals surface area contributed by atoms with Crippen molar-refractivity contribution in [1.82, 2.24) is 25.0 Å². The van der Waals surface area contributed by atoms with Crippen LogP contribution in [0.4, 0.5) is 5.69 Å². The molecule has 1 aromatic carbocycles. The highest BCUT2D eigenvalue weighted by molar-refractivity contribution is 5.77. The number of hydrogen-bond donors (Lipinski definition) is 2. The summed E-state index contributed by atoms with van der Waals surface area (Å²) in [5.41, 5.74) is 10.6. The van der Waals surface area contributed by atoms with Gasteiger partial charge in [0.1, 0.15) is 5.69 Å². The molecule has 134 valence electrons. The van der Waals surface area contributed by atoms with Crippen molar-refractivity contribution in [3.8, 4) is 22.5 Å². The van der Waals surface area contributed by atoms with E-state index in [1.807, 2.05) is 55.5 Å².